The first-order valence-corrected chi connectivity index (χ1v) is 10.4. The van der Waals surface area contributed by atoms with Gasteiger partial charge in [0.05, 0.1) is 6.42 Å². The molecule has 1 rings (SSSR count). The molecule has 0 aliphatic carbocycles. The van der Waals surface area contributed by atoms with Crippen molar-refractivity contribution in [3.05, 3.63) is 35.9 Å². The lowest BCUT2D eigenvalue weighted by molar-refractivity contribution is -0.156. The zero-order valence-electron chi connectivity index (χ0n) is 15.2. The number of hydrogen-bond acceptors (Lipinski definition) is 4. The van der Waals surface area contributed by atoms with Crippen molar-refractivity contribution in [1.29, 1.82) is 0 Å². The van der Waals surface area contributed by atoms with Crippen LogP contribution in [0.5, 0.6) is 0 Å². The van der Waals surface area contributed by atoms with Gasteiger partial charge in [-0.05, 0) is 31.2 Å². The van der Waals surface area contributed by atoms with Gasteiger partial charge in [-0.1, -0.05) is 56.0 Å². The molecule has 6 heteroatoms. The summed E-state index contributed by atoms with van der Waals surface area (Å²) in [5, 5.41) is 28.1. The lowest BCUT2D eigenvalue weighted by Crippen LogP contribution is -2.41. The molecule has 26 heavy (non-hydrogen) atoms. The van der Waals surface area contributed by atoms with Crippen LogP contribution in [0.15, 0.2) is 30.3 Å². The van der Waals surface area contributed by atoms with Gasteiger partial charge in [0.2, 0.25) is 0 Å². The van der Waals surface area contributed by atoms with Gasteiger partial charge in [0.25, 0.3) is 0 Å². The van der Waals surface area contributed by atoms with Gasteiger partial charge in [-0.25, -0.2) is 4.79 Å². The first-order valence-electron chi connectivity index (χ1n) is 9.23. The van der Waals surface area contributed by atoms with E-state index >= 15 is 0 Å². The van der Waals surface area contributed by atoms with Crippen LogP contribution >= 0.6 is 11.8 Å². The molecule has 0 aliphatic rings. The highest BCUT2D eigenvalue weighted by molar-refractivity contribution is 7.99. The molecule has 1 atom stereocenters. The fraction of sp³-hybridized carbons (Fsp3) is 0.600. The van der Waals surface area contributed by atoms with Gasteiger partial charge in [0.1, 0.15) is 0 Å². The molecule has 0 bridgehead atoms. The van der Waals surface area contributed by atoms with Crippen LogP contribution in [0.2, 0.25) is 0 Å². The molecule has 5 nitrogen and oxygen atoms in total. The highest BCUT2D eigenvalue weighted by atomic mass is 32.2. The fourth-order valence-corrected chi connectivity index (χ4v) is 3.81. The molecule has 0 saturated carbocycles. The van der Waals surface area contributed by atoms with Crippen molar-refractivity contribution in [3.63, 3.8) is 0 Å². The van der Waals surface area contributed by atoms with E-state index in [-0.39, 0.29) is 18.6 Å². The van der Waals surface area contributed by atoms with Gasteiger partial charge in [0, 0.05) is 11.5 Å². The van der Waals surface area contributed by atoms with Crippen molar-refractivity contribution in [2.24, 2.45) is 0 Å². The minimum Gasteiger partial charge on any atom is -0.481 e. The third-order valence-corrected chi connectivity index (χ3v) is 5.52. The molecule has 146 valence electrons. The maximum absolute atomic E-state index is 11.3. The summed E-state index contributed by atoms with van der Waals surface area (Å²) in [6, 6.07) is 10.4. The Bertz CT molecular complexity index is 534. The van der Waals surface area contributed by atoms with Gasteiger partial charge in [0.15, 0.2) is 5.60 Å². The Morgan fingerprint density at radius 1 is 0.923 bits per heavy atom. The van der Waals surface area contributed by atoms with Crippen molar-refractivity contribution >= 4 is 23.7 Å². The first-order chi connectivity index (χ1) is 12.4. The second-order valence-corrected chi connectivity index (χ2v) is 7.75. The summed E-state index contributed by atoms with van der Waals surface area (Å²) >= 11 is 1.18. The number of aryl methyl sites for hydroxylation is 1. The van der Waals surface area contributed by atoms with Gasteiger partial charge < -0.3 is 15.3 Å². The van der Waals surface area contributed by atoms with E-state index in [0.29, 0.717) is 12.2 Å². The molecule has 0 heterocycles. The zero-order chi connectivity index (χ0) is 19.3. The Hall–Kier alpha value is -1.53. The smallest absolute Gasteiger partial charge is 0.336 e. The molecule has 0 aromatic heterocycles. The van der Waals surface area contributed by atoms with Crippen molar-refractivity contribution in [3.8, 4) is 0 Å². The van der Waals surface area contributed by atoms with Crippen LogP contribution in [0.4, 0.5) is 0 Å². The molecular weight excluding hydrogens is 352 g/mol. The minimum absolute atomic E-state index is 0.0245. The van der Waals surface area contributed by atoms with E-state index in [2.05, 4.69) is 24.3 Å². The van der Waals surface area contributed by atoms with Crippen molar-refractivity contribution < 1.29 is 24.9 Å². The van der Waals surface area contributed by atoms with Crippen LogP contribution < -0.4 is 0 Å². The molecule has 0 fully saturated rings. The normalized spacial score (nSPS) is 13.3. The van der Waals surface area contributed by atoms with Crippen LogP contribution in [0.25, 0.3) is 0 Å². The first kappa shape index (κ1) is 22.5. The minimum atomic E-state index is -1.75. The quantitative estimate of drug-likeness (QED) is 0.397. The molecule has 1 aromatic rings. The number of benzene rings is 1. The molecule has 0 saturated heterocycles. The number of carbonyl (C=O) groups is 2. The molecule has 0 spiro atoms. The molecule has 1 aromatic carbocycles. The number of carboxylic acids is 2. The summed E-state index contributed by atoms with van der Waals surface area (Å²) in [6.07, 6.45) is 7.32. The lowest BCUT2D eigenvalue weighted by atomic mass is 9.97. The van der Waals surface area contributed by atoms with Crippen LogP contribution in [0.3, 0.4) is 0 Å². The average molecular weight is 383 g/mol. The van der Waals surface area contributed by atoms with Crippen LogP contribution in [0, 0.1) is 0 Å². The summed E-state index contributed by atoms with van der Waals surface area (Å²) in [6.45, 7) is 0. The van der Waals surface area contributed by atoms with E-state index in [0.717, 1.165) is 38.5 Å². The standard InChI is InChI=1S/C20H30O5S/c21-18(22)13-15-26-16-20(25,19(23)24)14-9-4-2-1-3-6-10-17-11-7-5-8-12-17/h5,7-8,11-12,25H,1-4,6,9-10,13-16H2,(H,21,22)(H,23,24)/t20-/m1/s1. The van der Waals surface area contributed by atoms with Gasteiger partial charge >= 0.3 is 11.9 Å². The van der Waals surface area contributed by atoms with Gasteiger partial charge in [-0.15, -0.1) is 0 Å². The summed E-state index contributed by atoms with van der Waals surface area (Å²) in [7, 11) is 0. The molecule has 3 N–H and O–H groups in total. The highest BCUT2D eigenvalue weighted by Gasteiger charge is 2.35. The fourth-order valence-electron chi connectivity index (χ4n) is 2.74. The van der Waals surface area contributed by atoms with E-state index in [1.165, 1.54) is 17.3 Å². The van der Waals surface area contributed by atoms with Crippen LogP contribution in [-0.2, 0) is 16.0 Å². The van der Waals surface area contributed by atoms with E-state index < -0.39 is 17.5 Å². The number of hydrogen-bond donors (Lipinski definition) is 3. The predicted octanol–water partition coefficient (Wildman–Crippen LogP) is 3.98. The predicted molar refractivity (Wildman–Crippen MR) is 105 cm³/mol. The summed E-state index contributed by atoms with van der Waals surface area (Å²) < 4.78 is 0. The summed E-state index contributed by atoms with van der Waals surface area (Å²) in [4.78, 5) is 21.8. The third-order valence-electron chi connectivity index (χ3n) is 4.35. The molecule has 0 unspecified atom stereocenters. The largest absolute Gasteiger partial charge is 0.481 e. The van der Waals surface area contributed by atoms with Crippen molar-refractivity contribution in [1.82, 2.24) is 0 Å². The molecule has 0 amide bonds. The van der Waals surface area contributed by atoms with Gasteiger partial charge in [-0.2, -0.15) is 11.8 Å². The monoisotopic (exact) mass is 382 g/mol. The Labute approximate surface area is 159 Å². The Morgan fingerprint density at radius 2 is 1.54 bits per heavy atom. The molecular formula is C20H30O5S. The maximum Gasteiger partial charge on any atom is 0.336 e. The Balaban J connectivity index is 2.10. The number of thioether (sulfide) groups is 1. The number of unbranched alkanes of at least 4 members (excludes halogenated alkanes) is 5. The summed E-state index contributed by atoms with van der Waals surface area (Å²) in [5.74, 6) is -1.79. The SMILES string of the molecule is O=C(O)CCSC[C@](O)(CCCCCCCCc1ccccc1)C(=O)O. The van der Waals surface area contributed by atoms with Crippen LogP contribution in [-0.4, -0.2) is 44.4 Å². The topological polar surface area (TPSA) is 94.8 Å². The number of aliphatic hydroxyl groups is 1. The van der Waals surface area contributed by atoms with E-state index in [4.69, 9.17) is 5.11 Å². The maximum atomic E-state index is 11.3. The number of rotatable bonds is 15. The number of carboxylic acid groups (broad SMARTS) is 2. The molecule has 0 radical (unpaired) electrons. The summed E-state index contributed by atoms with van der Waals surface area (Å²) in [5.41, 5.74) is -0.393. The molecule has 0 aliphatic heterocycles. The number of aliphatic carboxylic acids is 2. The van der Waals surface area contributed by atoms with Gasteiger partial charge in [-0.3, -0.25) is 4.79 Å². The van der Waals surface area contributed by atoms with Crippen molar-refractivity contribution in [2.45, 2.75) is 63.4 Å². The Kier molecular flexibility index (Phi) is 11.1. The van der Waals surface area contributed by atoms with E-state index in [1.807, 2.05) is 6.07 Å². The second kappa shape index (κ2) is 12.8. The Morgan fingerprint density at radius 3 is 2.15 bits per heavy atom. The highest BCUT2D eigenvalue weighted by Crippen LogP contribution is 2.22. The zero-order valence-corrected chi connectivity index (χ0v) is 16.0. The second-order valence-electron chi connectivity index (χ2n) is 6.64. The van der Waals surface area contributed by atoms with Crippen LogP contribution in [0.1, 0.15) is 56.9 Å². The third kappa shape index (κ3) is 9.82. The average Bonchev–Trinajstić information content (AvgIpc) is 2.61. The lowest BCUT2D eigenvalue weighted by Gasteiger charge is -2.22. The van der Waals surface area contributed by atoms with E-state index in [9.17, 15) is 19.8 Å². The van der Waals surface area contributed by atoms with E-state index in [1.54, 1.807) is 0 Å². The van der Waals surface area contributed by atoms with Crippen molar-refractivity contribution in [2.75, 3.05) is 11.5 Å².